The summed E-state index contributed by atoms with van der Waals surface area (Å²) in [5.41, 5.74) is 0.854. The first-order valence-corrected chi connectivity index (χ1v) is 8.54. The Labute approximate surface area is 140 Å². The van der Waals surface area contributed by atoms with Gasteiger partial charge < -0.3 is 9.84 Å². The van der Waals surface area contributed by atoms with Gasteiger partial charge in [0.2, 0.25) is 0 Å². The lowest BCUT2D eigenvalue weighted by atomic mass is 10.3. The van der Waals surface area contributed by atoms with Crippen LogP contribution in [-0.4, -0.2) is 38.7 Å². The fraction of sp³-hybridized carbons (Fsp3) is 0.133. The van der Waals surface area contributed by atoms with E-state index in [1.54, 1.807) is 18.4 Å². The van der Waals surface area contributed by atoms with Crippen LogP contribution >= 0.6 is 23.1 Å². The molecular formula is C15H13N3O3S2. The summed E-state index contributed by atoms with van der Waals surface area (Å²) in [6.07, 6.45) is 0. The third-order valence-corrected chi connectivity index (χ3v) is 4.81. The van der Waals surface area contributed by atoms with Crippen molar-refractivity contribution in [2.24, 2.45) is 0 Å². The number of thiophene rings is 1. The maximum absolute atomic E-state index is 10.8. The van der Waals surface area contributed by atoms with Crippen LogP contribution in [0.25, 0.3) is 16.4 Å². The number of nitrogens with zero attached hydrogens (tertiary/aromatic N) is 3. The van der Waals surface area contributed by atoms with E-state index in [9.17, 15) is 4.79 Å². The number of carboxylic acids is 1. The lowest BCUT2D eigenvalue weighted by molar-refractivity contribution is -0.133. The molecule has 0 aliphatic carbocycles. The van der Waals surface area contributed by atoms with Gasteiger partial charge in [0, 0.05) is 0 Å². The predicted molar refractivity (Wildman–Crippen MR) is 89.6 cm³/mol. The summed E-state index contributed by atoms with van der Waals surface area (Å²) in [7, 11) is 1.61. The molecule has 6 nitrogen and oxygen atoms in total. The van der Waals surface area contributed by atoms with Crippen LogP contribution in [0.4, 0.5) is 0 Å². The van der Waals surface area contributed by atoms with Crippen molar-refractivity contribution in [1.29, 1.82) is 0 Å². The van der Waals surface area contributed by atoms with Gasteiger partial charge in [0.15, 0.2) is 11.0 Å². The standard InChI is InChI=1S/C15H13N3O3S2/c1-21-11-6-4-10(5-7-11)18-14(12-3-2-8-22-12)16-17-15(18)23-9-13(19)20/h2-8H,9H2,1H3,(H,19,20). The number of hydrogen-bond donors (Lipinski definition) is 1. The van der Waals surface area contributed by atoms with E-state index in [4.69, 9.17) is 9.84 Å². The molecule has 0 unspecified atom stereocenters. The minimum atomic E-state index is -0.892. The molecule has 118 valence electrons. The van der Waals surface area contributed by atoms with Gasteiger partial charge in [-0.25, -0.2) is 0 Å². The van der Waals surface area contributed by atoms with Crippen molar-refractivity contribution in [3.63, 3.8) is 0 Å². The second-order valence-electron chi connectivity index (χ2n) is 4.50. The van der Waals surface area contributed by atoms with Gasteiger partial charge >= 0.3 is 5.97 Å². The topological polar surface area (TPSA) is 77.2 Å². The highest BCUT2D eigenvalue weighted by Gasteiger charge is 2.17. The fourth-order valence-electron chi connectivity index (χ4n) is 2.02. The predicted octanol–water partition coefficient (Wildman–Crippen LogP) is 3.18. The largest absolute Gasteiger partial charge is 0.497 e. The van der Waals surface area contributed by atoms with Crippen LogP contribution in [0.15, 0.2) is 46.9 Å². The summed E-state index contributed by atoms with van der Waals surface area (Å²) < 4.78 is 7.04. The number of rotatable bonds is 6. The Bertz CT molecular complexity index is 798. The fourth-order valence-corrected chi connectivity index (χ4v) is 3.39. The average Bonchev–Trinajstić information content (AvgIpc) is 3.22. The summed E-state index contributed by atoms with van der Waals surface area (Å²) in [4.78, 5) is 11.8. The Kier molecular flexibility index (Phi) is 4.63. The number of hydrogen-bond acceptors (Lipinski definition) is 6. The first-order valence-electron chi connectivity index (χ1n) is 6.67. The van der Waals surface area contributed by atoms with Crippen LogP contribution < -0.4 is 4.74 Å². The molecule has 2 aromatic heterocycles. The van der Waals surface area contributed by atoms with Gasteiger partial charge in [-0.1, -0.05) is 17.8 Å². The number of aromatic nitrogens is 3. The van der Waals surface area contributed by atoms with Gasteiger partial charge in [0.25, 0.3) is 0 Å². The Morgan fingerprint density at radius 2 is 2.09 bits per heavy atom. The number of benzene rings is 1. The highest BCUT2D eigenvalue weighted by atomic mass is 32.2. The number of carbonyl (C=O) groups is 1. The van der Waals surface area contributed by atoms with Crippen molar-refractivity contribution in [1.82, 2.24) is 14.8 Å². The van der Waals surface area contributed by atoms with Crippen molar-refractivity contribution in [2.75, 3.05) is 12.9 Å². The number of aliphatic carboxylic acids is 1. The monoisotopic (exact) mass is 347 g/mol. The van der Waals surface area contributed by atoms with Gasteiger partial charge in [0.05, 0.1) is 23.4 Å². The highest BCUT2D eigenvalue weighted by Crippen LogP contribution is 2.30. The van der Waals surface area contributed by atoms with Crippen molar-refractivity contribution < 1.29 is 14.6 Å². The van der Waals surface area contributed by atoms with E-state index >= 15 is 0 Å². The summed E-state index contributed by atoms with van der Waals surface area (Å²) >= 11 is 2.70. The highest BCUT2D eigenvalue weighted by molar-refractivity contribution is 7.99. The van der Waals surface area contributed by atoms with Gasteiger partial charge in [-0.15, -0.1) is 21.5 Å². The molecule has 0 spiro atoms. The van der Waals surface area contributed by atoms with E-state index < -0.39 is 5.97 Å². The molecule has 0 atom stereocenters. The molecule has 2 heterocycles. The molecule has 3 rings (SSSR count). The number of carboxylic acid groups (broad SMARTS) is 1. The zero-order valence-electron chi connectivity index (χ0n) is 12.2. The molecule has 23 heavy (non-hydrogen) atoms. The van der Waals surface area contributed by atoms with E-state index in [2.05, 4.69) is 10.2 Å². The molecule has 0 aliphatic rings. The van der Waals surface area contributed by atoms with E-state index in [0.29, 0.717) is 11.0 Å². The van der Waals surface area contributed by atoms with E-state index in [-0.39, 0.29) is 5.75 Å². The molecule has 0 saturated heterocycles. The van der Waals surface area contributed by atoms with Crippen LogP contribution in [0.1, 0.15) is 0 Å². The molecule has 1 aromatic carbocycles. The number of methoxy groups -OCH3 is 1. The van der Waals surface area contributed by atoms with E-state index in [0.717, 1.165) is 28.1 Å². The summed E-state index contributed by atoms with van der Waals surface area (Å²) in [5.74, 6) is 0.480. The zero-order valence-corrected chi connectivity index (χ0v) is 13.8. The molecule has 1 N–H and O–H groups in total. The second-order valence-corrected chi connectivity index (χ2v) is 6.39. The smallest absolute Gasteiger partial charge is 0.313 e. The Morgan fingerprint density at radius 1 is 1.30 bits per heavy atom. The minimum absolute atomic E-state index is 0.0707. The Balaban J connectivity index is 2.06. The van der Waals surface area contributed by atoms with Crippen LogP contribution in [0, 0.1) is 0 Å². The Hall–Kier alpha value is -2.32. The van der Waals surface area contributed by atoms with Crippen molar-refractivity contribution in [2.45, 2.75) is 5.16 Å². The molecule has 0 radical (unpaired) electrons. The molecular weight excluding hydrogens is 334 g/mol. The van der Waals surface area contributed by atoms with Gasteiger partial charge in [-0.05, 0) is 35.7 Å². The van der Waals surface area contributed by atoms with Gasteiger partial charge in [0.1, 0.15) is 5.75 Å². The summed E-state index contributed by atoms with van der Waals surface area (Å²) in [5, 5.41) is 19.8. The molecule has 0 bridgehead atoms. The summed E-state index contributed by atoms with van der Waals surface area (Å²) in [6.45, 7) is 0. The molecule has 0 aliphatic heterocycles. The van der Waals surface area contributed by atoms with E-state index in [1.165, 1.54) is 0 Å². The quantitative estimate of drug-likeness (QED) is 0.690. The SMILES string of the molecule is COc1ccc(-n2c(SCC(=O)O)nnc2-c2cccs2)cc1. The molecule has 0 fully saturated rings. The van der Waals surface area contributed by atoms with Gasteiger partial charge in [-0.3, -0.25) is 9.36 Å². The van der Waals surface area contributed by atoms with Crippen LogP contribution in [0.3, 0.4) is 0 Å². The van der Waals surface area contributed by atoms with Crippen molar-refractivity contribution in [3.8, 4) is 22.1 Å². The van der Waals surface area contributed by atoms with Crippen LogP contribution in [0.5, 0.6) is 5.75 Å². The molecule has 8 heteroatoms. The second kappa shape index (κ2) is 6.84. The maximum atomic E-state index is 10.8. The van der Waals surface area contributed by atoms with Gasteiger partial charge in [-0.2, -0.15) is 0 Å². The van der Waals surface area contributed by atoms with E-state index in [1.807, 2.05) is 46.3 Å². The molecule has 3 aromatic rings. The first-order chi connectivity index (χ1) is 11.2. The zero-order chi connectivity index (χ0) is 16.2. The lowest BCUT2D eigenvalue weighted by Crippen LogP contribution is -2.02. The average molecular weight is 347 g/mol. The minimum Gasteiger partial charge on any atom is -0.497 e. The summed E-state index contributed by atoms with van der Waals surface area (Å²) in [6, 6.07) is 11.4. The number of thioether (sulfide) groups is 1. The Morgan fingerprint density at radius 3 is 2.70 bits per heavy atom. The molecule has 0 amide bonds. The lowest BCUT2D eigenvalue weighted by Gasteiger charge is -2.09. The number of ether oxygens (including phenoxy) is 1. The normalized spacial score (nSPS) is 10.7. The van der Waals surface area contributed by atoms with Crippen molar-refractivity contribution in [3.05, 3.63) is 41.8 Å². The third-order valence-electron chi connectivity index (χ3n) is 3.03. The van der Waals surface area contributed by atoms with Crippen LogP contribution in [-0.2, 0) is 4.79 Å². The van der Waals surface area contributed by atoms with Crippen molar-refractivity contribution >= 4 is 29.1 Å². The first kappa shape index (κ1) is 15.6. The maximum Gasteiger partial charge on any atom is 0.313 e. The molecule has 0 saturated carbocycles. The third kappa shape index (κ3) is 3.38. The van der Waals surface area contributed by atoms with Crippen LogP contribution in [0.2, 0.25) is 0 Å².